The molecule has 2 heterocycles. The Morgan fingerprint density at radius 1 is 1.50 bits per heavy atom. The summed E-state index contributed by atoms with van der Waals surface area (Å²) in [6, 6.07) is 2.95. The second kappa shape index (κ2) is 5.79. The van der Waals surface area contributed by atoms with E-state index in [1.807, 2.05) is 0 Å². The highest BCUT2D eigenvalue weighted by atomic mass is 16.2. The van der Waals surface area contributed by atoms with Crippen LogP contribution >= 0.6 is 0 Å². The van der Waals surface area contributed by atoms with Crippen LogP contribution < -0.4 is 10.9 Å². The van der Waals surface area contributed by atoms with Gasteiger partial charge in [-0.3, -0.25) is 14.5 Å². The van der Waals surface area contributed by atoms with Gasteiger partial charge in [0.25, 0.3) is 0 Å². The quantitative estimate of drug-likeness (QED) is 0.884. The van der Waals surface area contributed by atoms with E-state index in [1.54, 1.807) is 6.07 Å². The summed E-state index contributed by atoms with van der Waals surface area (Å²) < 4.78 is 0. The minimum absolute atomic E-state index is 0.0103. The molecular weight excluding hydrogens is 254 g/mol. The number of amides is 1. The van der Waals surface area contributed by atoms with Gasteiger partial charge in [-0.05, 0) is 45.7 Å². The predicted octanol–water partition coefficient (Wildman–Crippen LogP) is 1.97. The molecule has 1 aliphatic rings. The SMILES string of the molecule is CCC(C)(C)N1CCCC1C(=O)Nc1ccc(=O)[nH]c1. The van der Waals surface area contributed by atoms with Crippen LogP contribution in [0, 0.1) is 0 Å². The molecule has 1 fully saturated rings. The van der Waals surface area contributed by atoms with E-state index in [9.17, 15) is 9.59 Å². The van der Waals surface area contributed by atoms with Gasteiger partial charge in [-0.15, -0.1) is 0 Å². The van der Waals surface area contributed by atoms with Crippen molar-refractivity contribution in [1.82, 2.24) is 9.88 Å². The molecule has 2 N–H and O–H groups in total. The minimum atomic E-state index is -0.169. The van der Waals surface area contributed by atoms with Gasteiger partial charge in [0, 0.05) is 17.8 Å². The average Bonchev–Trinajstić information content (AvgIpc) is 2.91. The molecule has 1 unspecified atom stereocenters. The second-order valence-electron chi connectivity index (χ2n) is 5.95. The molecule has 110 valence electrons. The minimum Gasteiger partial charge on any atom is -0.327 e. The number of nitrogens with zero attached hydrogens (tertiary/aromatic N) is 1. The summed E-state index contributed by atoms with van der Waals surface area (Å²) in [5.41, 5.74) is 0.497. The molecule has 1 aromatic rings. The molecule has 1 aromatic heterocycles. The number of pyridine rings is 1. The third-order valence-corrected chi connectivity index (χ3v) is 4.25. The summed E-state index contributed by atoms with van der Waals surface area (Å²) in [6.45, 7) is 7.47. The zero-order chi connectivity index (χ0) is 14.8. The van der Waals surface area contributed by atoms with Crippen LogP contribution in [0.2, 0.25) is 0 Å². The monoisotopic (exact) mass is 277 g/mol. The van der Waals surface area contributed by atoms with E-state index in [0.717, 1.165) is 25.8 Å². The van der Waals surface area contributed by atoms with Crippen molar-refractivity contribution < 1.29 is 4.79 Å². The van der Waals surface area contributed by atoms with E-state index in [-0.39, 0.29) is 23.0 Å². The Balaban J connectivity index is 2.08. The highest BCUT2D eigenvalue weighted by Crippen LogP contribution is 2.29. The normalized spacial score (nSPS) is 20.1. The lowest BCUT2D eigenvalue weighted by molar-refractivity contribution is -0.122. The van der Waals surface area contributed by atoms with Crippen LogP contribution in [0.15, 0.2) is 23.1 Å². The van der Waals surface area contributed by atoms with Gasteiger partial charge < -0.3 is 10.3 Å². The van der Waals surface area contributed by atoms with Gasteiger partial charge in [0.15, 0.2) is 0 Å². The van der Waals surface area contributed by atoms with Gasteiger partial charge >= 0.3 is 0 Å². The summed E-state index contributed by atoms with van der Waals surface area (Å²) in [4.78, 5) is 28.3. The highest BCUT2D eigenvalue weighted by molar-refractivity contribution is 5.94. The number of H-pyrrole nitrogens is 1. The van der Waals surface area contributed by atoms with Crippen LogP contribution in [0.5, 0.6) is 0 Å². The van der Waals surface area contributed by atoms with E-state index in [0.29, 0.717) is 5.69 Å². The number of carbonyl (C=O) groups is 1. The number of aromatic amines is 1. The molecule has 2 rings (SSSR count). The van der Waals surface area contributed by atoms with Gasteiger partial charge in [-0.1, -0.05) is 6.92 Å². The molecule has 0 saturated carbocycles. The first-order chi connectivity index (χ1) is 9.44. The van der Waals surface area contributed by atoms with Crippen molar-refractivity contribution in [1.29, 1.82) is 0 Å². The van der Waals surface area contributed by atoms with Crippen LogP contribution in [-0.4, -0.2) is 33.9 Å². The van der Waals surface area contributed by atoms with Gasteiger partial charge in [0.2, 0.25) is 11.5 Å². The Morgan fingerprint density at radius 2 is 2.25 bits per heavy atom. The molecule has 0 bridgehead atoms. The topological polar surface area (TPSA) is 65.2 Å². The number of likely N-dealkylation sites (tertiary alicyclic amines) is 1. The van der Waals surface area contributed by atoms with Crippen molar-refractivity contribution in [2.24, 2.45) is 0 Å². The van der Waals surface area contributed by atoms with Gasteiger partial charge in [-0.2, -0.15) is 0 Å². The molecule has 0 radical (unpaired) electrons. The Morgan fingerprint density at radius 3 is 2.85 bits per heavy atom. The number of hydrogen-bond acceptors (Lipinski definition) is 3. The fraction of sp³-hybridized carbons (Fsp3) is 0.600. The lowest BCUT2D eigenvalue weighted by Crippen LogP contribution is -2.50. The van der Waals surface area contributed by atoms with Crippen molar-refractivity contribution in [2.75, 3.05) is 11.9 Å². The number of anilines is 1. The third-order valence-electron chi connectivity index (χ3n) is 4.25. The summed E-state index contributed by atoms with van der Waals surface area (Å²) in [5, 5.41) is 2.89. The third kappa shape index (κ3) is 3.10. The predicted molar refractivity (Wildman–Crippen MR) is 79.8 cm³/mol. The van der Waals surface area contributed by atoms with Gasteiger partial charge in [0.05, 0.1) is 11.7 Å². The maximum Gasteiger partial charge on any atom is 0.248 e. The van der Waals surface area contributed by atoms with Crippen molar-refractivity contribution in [2.45, 2.75) is 51.6 Å². The molecule has 5 heteroatoms. The van der Waals surface area contributed by atoms with Crippen LogP contribution in [-0.2, 0) is 4.79 Å². The Kier molecular flexibility index (Phi) is 4.28. The van der Waals surface area contributed by atoms with Gasteiger partial charge in [0.1, 0.15) is 0 Å². The Labute approximate surface area is 119 Å². The fourth-order valence-electron chi connectivity index (χ4n) is 2.68. The second-order valence-corrected chi connectivity index (χ2v) is 5.95. The Hall–Kier alpha value is -1.62. The summed E-state index contributed by atoms with van der Waals surface area (Å²) >= 11 is 0. The van der Waals surface area contributed by atoms with Crippen molar-refractivity contribution in [3.05, 3.63) is 28.7 Å². The van der Waals surface area contributed by atoms with E-state index >= 15 is 0 Å². The zero-order valence-electron chi connectivity index (χ0n) is 12.4. The maximum absolute atomic E-state index is 12.4. The zero-order valence-corrected chi connectivity index (χ0v) is 12.4. The largest absolute Gasteiger partial charge is 0.327 e. The summed E-state index contributed by atoms with van der Waals surface area (Å²) in [5.74, 6) is 0.0103. The lowest BCUT2D eigenvalue weighted by atomic mass is 9.98. The van der Waals surface area contributed by atoms with Crippen molar-refractivity contribution in [3.8, 4) is 0 Å². The summed E-state index contributed by atoms with van der Waals surface area (Å²) in [6.07, 6.45) is 4.48. The molecule has 1 aliphatic heterocycles. The highest BCUT2D eigenvalue weighted by Gasteiger charge is 2.38. The first-order valence-electron chi connectivity index (χ1n) is 7.20. The van der Waals surface area contributed by atoms with Crippen LogP contribution in [0.3, 0.4) is 0 Å². The molecule has 0 aliphatic carbocycles. The van der Waals surface area contributed by atoms with E-state index in [4.69, 9.17) is 0 Å². The van der Waals surface area contributed by atoms with Crippen LogP contribution in [0.4, 0.5) is 5.69 Å². The first-order valence-corrected chi connectivity index (χ1v) is 7.20. The van der Waals surface area contributed by atoms with Gasteiger partial charge in [-0.25, -0.2) is 0 Å². The van der Waals surface area contributed by atoms with E-state index in [2.05, 4.69) is 36.0 Å². The number of nitrogens with one attached hydrogen (secondary N) is 2. The van der Waals surface area contributed by atoms with Crippen molar-refractivity contribution >= 4 is 11.6 Å². The molecule has 1 amide bonds. The number of aromatic nitrogens is 1. The lowest BCUT2D eigenvalue weighted by Gasteiger charge is -2.38. The van der Waals surface area contributed by atoms with E-state index < -0.39 is 0 Å². The molecule has 1 saturated heterocycles. The molecule has 0 aromatic carbocycles. The van der Waals surface area contributed by atoms with Crippen LogP contribution in [0.1, 0.15) is 40.0 Å². The molecular formula is C15H23N3O2. The number of rotatable bonds is 4. The fourth-order valence-corrected chi connectivity index (χ4v) is 2.68. The summed E-state index contributed by atoms with van der Waals surface area (Å²) in [7, 11) is 0. The average molecular weight is 277 g/mol. The Bertz CT molecular complexity index is 516. The molecule has 1 atom stereocenters. The maximum atomic E-state index is 12.4. The van der Waals surface area contributed by atoms with Crippen molar-refractivity contribution in [3.63, 3.8) is 0 Å². The number of carbonyl (C=O) groups excluding carboxylic acids is 1. The van der Waals surface area contributed by atoms with E-state index in [1.165, 1.54) is 12.3 Å². The molecule has 5 nitrogen and oxygen atoms in total. The first kappa shape index (κ1) is 14.8. The smallest absolute Gasteiger partial charge is 0.248 e. The standard InChI is InChI=1S/C15H23N3O2/c1-4-15(2,3)18-9-5-6-12(18)14(20)17-11-7-8-13(19)16-10-11/h7-8,10,12H,4-6,9H2,1-3H3,(H,16,19)(H,17,20). The number of hydrogen-bond donors (Lipinski definition) is 2. The molecule has 20 heavy (non-hydrogen) atoms. The van der Waals surface area contributed by atoms with Crippen LogP contribution in [0.25, 0.3) is 0 Å². The molecule has 0 spiro atoms.